The Bertz CT molecular complexity index is 2830. The van der Waals surface area contributed by atoms with Crippen LogP contribution < -0.4 is 5.32 Å². The Labute approximate surface area is 356 Å². The van der Waals surface area contributed by atoms with E-state index in [0.29, 0.717) is 5.84 Å². The van der Waals surface area contributed by atoms with Crippen LogP contribution in [0.5, 0.6) is 0 Å². The fraction of sp³-hybridized carbons (Fsp3) is 0.0727. The molecule has 0 saturated heterocycles. The van der Waals surface area contributed by atoms with Gasteiger partial charge in [0.05, 0.1) is 5.41 Å². The van der Waals surface area contributed by atoms with Gasteiger partial charge in [-0.2, -0.15) is 0 Å². The molecule has 4 aliphatic rings. The average molecular weight is 791 g/mol. The number of hydrogen-bond donors (Lipinski definition) is 2. The molecule has 3 unspecified atom stereocenters. The van der Waals surface area contributed by atoms with Gasteiger partial charge in [-0.05, 0) is 79.4 Å². The first-order chi connectivity index (χ1) is 29.5. The second-order valence-corrected chi connectivity index (χ2v) is 16.6. The lowest BCUT2D eigenvalue weighted by Gasteiger charge is -2.48. The zero-order chi connectivity index (χ0) is 40.6. The lowest BCUT2D eigenvalue weighted by Crippen LogP contribution is -2.44. The maximum absolute atomic E-state index is 7.39. The Morgan fingerprint density at radius 3 is 2.08 bits per heavy atom. The number of allylic oxidation sites excluding steroid dienone is 4. The van der Waals surface area contributed by atoms with Gasteiger partial charge in [-0.1, -0.05) is 189 Å². The lowest BCUT2D eigenvalue weighted by molar-refractivity contribution is 0.447. The number of amidine groups is 2. The van der Waals surface area contributed by atoms with Gasteiger partial charge >= 0.3 is 0 Å². The third-order valence-corrected chi connectivity index (χ3v) is 13.3. The SMILES string of the molecule is C=C/C(=C\C(=C)C1=NC(C2=CC3Sc4cc(-c5ccc(/C=C\C=N)cc5)ccc4C4(c5ccccc5-c5ccccc54)C3C=C2)N=C(c2ccccc2)N1)c1ccccc1. The molecule has 0 aromatic heterocycles. The summed E-state index contributed by atoms with van der Waals surface area (Å²) in [5.41, 5.74) is 14.5. The summed E-state index contributed by atoms with van der Waals surface area (Å²) in [6.07, 6.45) is 15.6. The summed E-state index contributed by atoms with van der Waals surface area (Å²) in [4.78, 5) is 11.8. The second-order valence-electron chi connectivity index (χ2n) is 15.4. The van der Waals surface area contributed by atoms with E-state index in [4.69, 9.17) is 15.4 Å². The minimum atomic E-state index is -0.477. The van der Waals surface area contributed by atoms with Gasteiger partial charge < -0.3 is 10.7 Å². The lowest BCUT2D eigenvalue weighted by atomic mass is 9.61. The van der Waals surface area contributed by atoms with Gasteiger partial charge in [-0.25, -0.2) is 9.98 Å². The Balaban J connectivity index is 1.10. The first-order valence-corrected chi connectivity index (χ1v) is 21.2. The molecule has 0 radical (unpaired) electrons. The number of hydrogen-bond acceptors (Lipinski definition) is 5. The van der Waals surface area contributed by atoms with E-state index in [1.807, 2.05) is 66.4 Å². The van der Waals surface area contributed by atoms with E-state index < -0.39 is 11.6 Å². The first kappa shape index (κ1) is 37.2. The zero-order valence-electron chi connectivity index (χ0n) is 33.0. The summed E-state index contributed by atoms with van der Waals surface area (Å²) in [6, 6.07) is 54.1. The second kappa shape index (κ2) is 15.6. The number of benzene rings is 6. The van der Waals surface area contributed by atoms with Crippen LogP contribution in [0.2, 0.25) is 0 Å². The van der Waals surface area contributed by atoms with Crippen molar-refractivity contribution in [3.8, 4) is 22.3 Å². The van der Waals surface area contributed by atoms with Gasteiger partial charge in [0.1, 0.15) is 11.7 Å². The van der Waals surface area contributed by atoms with Gasteiger partial charge in [0.15, 0.2) is 6.17 Å². The molecule has 5 heteroatoms. The molecule has 3 atom stereocenters. The van der Waals surface area contributed by atoms with Crippen LogP contribution in [0.4, 0.5) is 0 Å². The molecule has 0 saturated carbocycles. The van der Waals surface area contributed by atoms with E-state index in [2.05, 4.69) is 152 Å². The summed E-state index contributed by atoms with van der Waals surface area (Å²) in [6.45, 7) is 8.62. The Morgan fingerprint density at radius 2 is 1.38 bits per heavy atom. The molecule has 6 aromatic rings. The molecule has 4 nitrogen and oxygen atoms in total. The van der Waals surface area contributed by atoms with Crippen molar-refractivity contribution in [1.29, 1.82) is 5.41 Å². The van der Waals surface area contributed by atoms with Crippen LogP contribution in [0.3, 0.4) is 0 Å². The van der Waals surface area contributed by atoms with Gasteiger partial charge in [0.2, 0.25) is 0 Å². The van der Waals surface area contributed by atoms with Crippen LogP contribution in [0.1, 0.15) is 33.4 Å². The van der Waals surface area contributed by atoms with Crippen molar-refractivity contribution in [1.82, 2.24) is 5.32 Å². The smallest absolute Gasteiger partial charge is 0.169 e. The first-order valence-electron chi connectivity index (χ1n) is 20.3. The highest BCUT2D eigenvalue weighted by Crippen LogP contribution is 2.64. The van der Waals surface area contributed by atoms with E-state index in [9.17, 15) is 0 Å². The van der Waals surface area contributed by atoms with Crippen LogP contribution in [-0.2, 0) is 5.41 Å². The molecular formula is C55H42N4S. The molecule has 288 valence electrons. The van der Waals surface area contributed by atoms with Gasteiger partial charge in [-0.15, -0.1) is 11.8 Å². The highest BCUT2D eigenvalue weighted by molar-refractivity contribution is 8.00. The summed E-state index contributed by atoms with van der Waals surface area (Å²) >= 11 is 1.94. The number of fused-ring (bicyclic) bond motifs is 9. The minimum absolute atomic E-state index is 0.0954. The van der Waals surface area contributed by atoms with E-state index in [1.54, 1.807) is 6.08 Å². The van der Waals surface area contributed by atoms with Crippen molar-refractivity contribution >= 4 is 41.3 Å². The predicted molar refractivity (Wildman–Crippen MR) is 253 cm³/mol. The number of nitrogens with zero attached hydrogens (tertiary/aromatic N) is 2. The molecule has 2 aliphatic heterocycles. The van der Waals surface area contributed by atoms with Crippen molar-refractivity contribution in [2.75, 3.05) is 0 Å². The summed E-state index contributed by atoms with van der Waals surface area (Å²) < 4.78 is 0. The van der Waals surface area contributed by atoms with Gasteiger partial charge in [0.25, 0.3) is 0 Å². The van der Waals surface area contributed by atoms with E-state index in [1.165, 1.54) is 44.5 Å². The number of aliphatic imine (C=N–C) groups is 2. The zero-order valence-corrected chi connectivity index (χ0v) is 33.8. The highest BCUT2D eigenvalue weighted by Gasteiger charge is 2.55. The van der Waals surface area contributed by atoms with E-state index >= 15 is 0 Å². The fourth-order valence-electron chi connectivity index (χ4n) is 9.31. The molecule has 0 amide bonds. The molecular weight excluding hydrogens is 749 g/mol. The average Bonchev–Trinajstić information content (AvgIpc) is 3.60. The van der Waals surface area contributed by atoms with Crippen molar-refractivity contribution in [2.45, 2.75) is 21.7 Å². The maximum Gasteiger partial charge on any atom is 0.169 e. The topological polar surface area (TPSA) is 60.6 Å². The van der Waals surface area contributed by atoms with Crippen LogP contribution in [0.25, 0.3) is 33.9 Å². The molecule has 2 aliphatic carbocycles. The fourth-order valence-corrected chi connectivity index (χ4v) is 10.8. The normalized spacial score (nSPS) is 19.5. The molecule has 2 N–H and O–H groups in total. The summed E-state index contributed by atoms with van der Waals surface area (Å²) in [7, 11) is 0. The Hall–Kier alpha value is -7.08. The number of rotatable bonds is 9. The summed E-state index contributed by atoms with van der Waals surface area (Å²) in [5, 5.41) is 11.0. The Morgan fingerprint density at radius 1 is 0.717 bits per heavy atom. The molecule has 2 heterocycles. The maximum atomic E-state index is 7.39. The standard InChI is InChI=1S/C55H42N4S/c1-3-38(39-16-6-4-7-17-39)33-36(2)52-57-53(41-18-8-5-9-19-41)59-54(58-52)43-29-31-49-51(35-43)60-50-34-42(40-26-24-37(25-27-40)15-14-32-56)28-30-48(50)55(49)46-22-12-10-20-44(46)45-21-11-13-23-47(45)55/h3-35,49,51,54,56H,1-2H2,(H,57,58,59)/b15-14-,38-33+,56-32?. The van der Waals surface area contributed by atoms with Crippen LogP contribution in [0.15, 0.2) is 227 Å². The molecule has 0 bridgehead atoms. The van der Waals surface area contributed by atoms with Crippen molar-refractivity contribution in [2.24, 2.45) is 15.9 Å². The Kier molecular flexibility index (Phi) is 9.67. The molecule has 6 aromatic carbocycles. The van der Waals surface area contributed by atoms with Crippen molar-refractivity contribution < 1.29 is 0 Å². The van der Waals surface area contributed by atoms with Gasteiger partial charge in [0, 0.05) is 33.4 Å². The van der Waals surface area contributed by atoms with Crippen LogP contribution >= 0.6 is 11.8 Å². The third kappa shape index (κ3) is 6.39. The third-order valence-electron chi connectivity index (χ3n) is 12.0. The molecule has 1 spiro atoms. The van der Waals surface area contributed by atoms with Crippen molar-refractivity contribution in [3.63, 3.8) is 0 Å². The highest BCUT2D eigenvalue weighted by atomic mass is 32.2. The number of thioether (sulfide) groups is 1. The van der Waals surface area contributed by atoms with Crippen molar-refractivity contribution in [3.05, 3.63) is 246 Å². The molecule has 0 fully saturated rings. The number of nitrogens with one attached hydrogen (secondary N) is 2. The van der Waals surface area contributed by atoms with E-state index in [-0.39, 0.29) is 11.2 Å². The van der Waals surface area contributed by atoms with Crippen LogP contribution in [-0.4, -0.2) is 29.3 Å². The molecule has 10 rings (SSSR count). The summed E-state index contributed by atoms with van der Waals surface area (Å²) in [5.74, 6) is 1.58. The predicted octanol–water partition coefficient (Wildman–Crippen LogP) is 12.5. The minimum Gasteiger partial charge on any atom is -0.324 e. The monoisotopic (exact) mass is 790 g/mol. The van der Waals surface area contributed by atoms with Gasteiger partial charge in [-0.3, -0.25) is 0 Å². The van der Waals surface area contributed by atoms with Crippen LogP contribution in [0, 0.1) is 11.3 Å². The van der Waals surface area contributed by atoms with E-state index in [0.717, 1.165) is 44.8 Å². The largest absolute Gasteiger partial charge is 0.324 e. The molecule has 60 heavy (non-hydrogen) atoms. The quantitative estimate of drug-likeness (QED) is 0.113.